The minimum Gasteiger partial charge on any atom is -0.449 e. The van der Waals surface area contributed by atoms with Gasteiger partial charge in [0, 0.05) is 6.54 Å². The molecule has 0 aliphatic rings. The van der Waals surface area contributed by atoms with E-state index >= 15 is 0 Å². The molecule has 0 aromatic rings. The molecule has 3 nitrogen and oxygen atoms in total. The molecule has 0 aliphatic heterocycles. The number of allylic oxidation sites excluding steroid dienone is 3. The smallest absolute Gasteiger partial charge is 0.407 e. The first-order chi connectivity index (χ1) is 8.45. The fraction of sp³-hybridized carbons (Fsp3) is 0.667. The molecule has 0 aromatic carbocycles. The Kier molecular flexibility index (Phi) is 9.07. The molecule has 0 aromatic heterocycles. The molecule has 0 unspecified atom stereocenters. The van der Waals surface area contributed by atoms with Gasteiger partial charge in [-0.25, -0.2) is 4.79 Å². The maximum atomic E-state index is 11.3. The van der Waals surface area contributed by atoms with Gasteiger partial charge in [-0.1, -0.05) is 52.0 Å². The highest BCUT2D eigenvalue weighted by Crippen LogP contribution is 2.12. The van der Waals surface area contributed by atoms with Crippen molar-refractivity contribution < 1.29 is 9.53 Å². The van der Waals surface area contributed by atoms with Crippen molar-refractivity contribution in [1.29, 1.82) is 0 Å². The molecule has 0 bridgehead atoms. The second-order valence-electron chi connectivity index (χ2n) is 5.45. The van der Waals surface area contributed by atoms with Crippen LogP contribution in [0.15, 0.2) is 24.3 Å². The van der Waals surface area contributed by atoms with E-state index in [1.807, 2.05) is 26.8 Å². The number of ether oxygens (including phenoxy) is 1. The Hall–Kier alpha value is -1.25. The number of nitrogens with one attached hydrogen (secondary N) is 1. The van der Waals surface area contributed by atoms with Crippen LogP contribution in [-0.2, 0) is 4.74 Å². The lowest BCUT2D eigenvalue weighted by molar-refractivity contribution is 0.107. The lowest BCUT2D eigenvalue weighted by atomic mass is 9.99. The summed E-state index contributed by atoms with van der Waals surface area (Å²) in [6.07, 6.45) is 11.2. The van der Waals surface area contributed by atoms with Crippen molar-refractivity contribution in [3.05, 3.63) is 24.3 Å². The van der Waals surface area contributed by atoms with Crippen molar-refractivity contribution in [1.82, 2.24) is 5.32 Å². The maximum absolute atomic E-state index is 11.3. The van der Waals surface area contributed by atoms with Gasteiger partial charge in [0.15, 0.2) is 0 Å². The summed E-state index contributed by atoms with van der Waals surface area (Å²) in [4.78, 5) is 11.3. The van der Waals surface area contributed by atoms with Gasteiger partial charge in [-0.3, -0.25) is 0 Å². The van der Waals surface area contributed by atoms with Crippen molar-refractivity contribution in [2.24, 2.45) is 5.41 Å². The summed E-state index contributed by atoms with van der Waals surface area (Å²) in [5.74, 6) is 0. The van der Waals surface area contributed by atoms with E-state index < -0.39 is 0 Å². The molecule has 104 valence electrons. The number of rotatable bonds is 7. The second kappa shape index (κ2) is 9.75. The standard InChI is InChI=1S/C15H27NO2/c1-5-6-7-8-9-10-11-12-16-14(17)18-13-15(2,3)4/h6-7,10-11H,5,8-9,12-13H2,1-4H3,(H,16,17). The Bertz CT molecular complexity index is 275. The Labute approximate surface area is 111 Å². The van der Waals surface area contributed by atoms with Gasteiger partial charge in [-0.2, -0.15) is 0 Å². The average Bonchev–Trinajstić information content (AvgIpc) is 2.29. The summed E-state index contributed by atoms with van der Waals surface area (Å²) >= 11 is 0. The van der Waals surface area contributed by atoms with E-state index in [0.29, 0.717) is 13.2 Å². The first kappa shape index (κ1) is 16.8. The minimum atomic E-state index is -0.347. The number of carbonyl (C=O) groups excluding carboxylic acids is 1. The first-order valence-corrected chi connectivity index (χ1v) is 6.66. The molecule has 1 amide bonds. The van der Waals surface area contributed by atoms with Crippen LogP contribution in [0.3, 0.4) is 0 Å². The summed E-state index contributed by atoms with van der Waals surface area (Å²) in [5.41, 5.74) is 0.0127. The molecule has 0 rings (SSSR count). The fourth-order valence-electron chi connectivity index (χ4n) is 1.15. The molecule has 0 radical (unpaired) electrons. The van der Waals surface area contributed by atoms with Crippen LogP contribution in [0.4, 0.5) is 4.79 Å². The normalized spacial score (nSPS) is 12.2. The number of hydrogen-bond donors (Lipinski definition) is 1. The summed E-state index contributed by atoms with van der Waals surface area (Å²) in [5, 5.41) is 2.69. The molecular weight excluding hydrogens is 226 g/mol. The third-order valence-corrected chi connectivity index (χ3v) is 2.07. The van der Waals surface area contributed by atoms with Crippen LogP contribution in [0, 0.1) is 5.41 Å². The number of carbonyl (C=O) groups is 1. The van der Waals surface area contributed by atoms with Gasteiger partial charge in [0.25, 0.3) is 0 Å². The predicted molar refractivity (Wildman–Crippen MR) is 76.6 cm³/mol. The van der Waals surface area contributed by atoms with Gasteiger partial charge in [0.2, 0.25) is 0 Å². The Morgan fingerprint density at radius 3 is 2.28 bits per heavy atom. The highest BCUT2D eigenvalue weighted by Gasteiger charge is 2.12. The van der Waals surface area contributed by atoms with Gasteiger partial charge in [0.05, 0.1) is 6.61 Å². The van der Waals surface area contributed by atoms with E-state index in [0.717, 1.165) is 19.3 Å². The van der Waals surface area contributed by atoms with Crippen LogP contribution in [-0.4, -0.2) is 19.2 Å². The van der Waals surface area contributed by atoms with Crippen LogP contribution in [0.5, 0.6) is 0 Å². The zero-order valence-electron chi connectivity index (χ0n) is 12.2. The third-order valence-electron chi connectivity index (χ3n) is 2.07. The summed E-state index contributed by atoms with van der Waals surface area (Å²) < 4.78 is 5.07. The Morgan fingerprint density at radius 1 is 1.11 bits per heavy atom. The highest BCUT2D eigenvalue weighted by molar-refractivity contribution is 5.67. The zero-order chi connectivity index (χ0) is 13.9. The molecule has 18 heavy (non-hydrogen) atoms. The quantitative estimate of drug-likeness (QED) is 0.549. The predicted octanol–water partition coefficient (Wildman–Crippen LogP) is 4.06. The van der Waals surface area contributed by atoms with Crippen molar-refractivity contribution in [2.45, 2.75) is 47.0 Å². The Balaban J connectivity index is 3.50. The maximum Gasteiger partial charge on any atom is 0.407 e. The van der Waals surface area contributed by atoms with Crippen LogP contribution >= 0.6 is 0 Å². The number of alkyl carbamates (subject to hydrolysis) is 1. The lowest BCUT2D eigenvalue weighted by Crippen LogP contribution is -2.28. The van der Waals surface area contributed by atoms with Gasteiger partial charge in [0.1, 0.15) is 0 Å². The Morgan fingerprint density at radius 2 is 1.72 bits per heavy atom. The van der Waals surface area contributed by atoms with Crippen LogP contribution in [0.2, 0.25) is 0 Å². The lowest BCUT2D eigenvalue weighted by Gasteiger charge is -2.17. The molecule has 0 saturated heterocycles. The molecule has 0 fully saturated rings. The minimum absolute atomic E-state index is 0.0127. The van der Waals surface area contributed by atoms with E-state index in [2.05, 4.69) is 30.5 Å². The van der Waals surface area contributed by atoms with Crippen molar-refractivity contribution in [2.75, 3.05) is 13.2 Å². The molecule has 0 aliphatic carbocycles. The van der Waals surface area contributed by atoms with Crippen molar-refractivity contribution >= 4 is 6.09 Å². The van der Waals surface area contributed by atoms with E-state index in [4.69, 9.17) is 4.74 Å². The molecule has 0 atom stereocenters. The third kappa shape index (κ3) is 12.8. The number of unbranched alkanes of at least 4 members (excludes halogenated alkanes) is 1. The summed E-state index contributed by atoms with van der Waals surface area (Å²) in [6, 6.07) is 0. The van der Waals surface area contributed by atoms with E-state index in [-0.39, 0.29) is 11.5 Å². The van der Waals surface area contributed by atoms with Crippen molar-refractivity contribution in [3.63, 3.8) is 0 Å². The van der Waals surface area contributed by atoms with E-state index in [1.165, 1.54) is 0 Å². The van der Waals surface area contributed by atoms with Crippen LogP contribution < -0.4 is 5.32 Å². The molecule has 0 saturated carbocycles. The van der Waals surface area contributed by atoms with Gasteiger partial charge >= 0.3 is 6.09 Å². The fourth-order valence-corrected chi connectivity index (χ4v) is 1.15. The molecule has 0 spiro atoms. The van der Waals surface area contributed by atoms with Gasteiger partial charge < -0.3 is 10.1 Å². The molecule has 3 heteroatoms. The molecule has 0 heterocycles. The van der Waals surface area contributed by atoms with E-state index in [1.54, 1.807) is 0 Å². The molecule has 1 N–H and O–H groups in total. The summed E-state index contributed by atoms with van der Waals surface area (Å²) in [6.45, 7) is 9.18. The van der Waals surface area contributed by atoms with Gasteiger partial charge in [-0.05, 0) is 24.7 Å². The second-order valence-corrected chi connectivity index (χ2v) is 5.45. The van der Waals surface area contributed by atoms with Crippen molar-refractivity contribution in [3.8, 4) is 0 Å². The zero-order valence-corrected chi connectivity index (χ0v) is 12.2. The van der Waals surface area contributed by atoms with E-state index in [9.17, 15) is 4.79 Å². The van der Waals surface area contributed by atoms with Crippen LogP contribution in [0.25, 0.3) is 0 Å². The monoisotopic (exact) mass is 253 g/mol. The largest absolute Gasteiger partial charge is 0.449 e. The number of amides is 1. The topological polar surface area (TPSA) is 38.3 Å². The highest BCUT2D eigenvalue weighted by atomic mass is 16.5. The average molecular weight is 253 g/mol. The summed E-state index contributed by atoms with van der Waals surface area (Å²) in [7, 11) is 0. The number of hydrogen-bond acceptors (Lipinski definition) is 2. The van der Waals surface area contributed by atoms with Gasteiger partial charge in [-0.15, -0.1) is 0 Å². The van der Waals surface area contributed by atoms with Crippen LogP contribution in [0.1, 0.15) is 47.0 Å². The SMILES string of the molecule is CCC=CCCC=CCNC(=O)OCC(C)(C)C. The first-order valence-electron chi connectivity index (χ1n) is 6.66. The molecular formula is C15H27NO2.